The standard InChI is InChI=1S/C15H16N2O3S2/c18-15(11-14-3-1-9-21-14)16-12-4-6-13(7-5-12)17-8-2-10-22(17,19)20/h1,3-7,9H,2,8,10-11H2,(H,16,18). The summed E-state index contributed by atoms with van der Waals surface area (Å²) in [6, 6.07) is 10.8. The third-order valence-electron chi connectivity index (χ3n) is 3.45. The number of thiophene rings is 1. The van der Waals surface area contributed by atoms with Crippen molar-refractivity contribution < 1.29 is 13.2 Å². The smallest absolute Gasteiger partial charge is 0.235 e. The van der Waals surface area contributed by atoms with Gasteiger partial charge in [0, 0.05) is 17.1 Å². The molecule has 0 spiro atoms. The molecular weight excluding hydrogens is 320 g/mol. The Bertz CT molecular complexity index is 753. The van der Waals surface area contributed by atoms with Gasteiger partial charge in [0.15, 0.2) is 0 Å². The van der Waals surface area contributed by atoms with Crippen LogP contribution in [0.1, 0.15) is 11.3 Å². The number of nitrogens with one attached hydrogen (secondary N) is 1. The molecular formula is C15H16N2O3S2. The molecule has 7 heteroatoms. The summed E-state index contributed by atoms with van der Waals surface area (Å²) in [5.74, 6) is 0.121. The predicted octanol–water partition coefficient (Wildman–Crippen LogP) is 2.47. The van der Waals surface area contributed by atoms with Crippen LogP contribution in [0.3, 0.4) is 0 Å². The zero-order chi connectivity index (χ0) is 15.6. The first-order valence-electron chi connectivity index (χ1n) is 6.97. The molecule has 3 rings (SSSR count). The van der Waals surface area contributed by atoms with Crippen molar-refractivity contribution in [3.8, 4) is 0 Å². The molecule has 0 saturated carbocycles. The Labute approximate surface area is 133 Å². The van der Waals surface area contributed by atoms with Crippen molar-refractivity contribution in [1.29, 1.82) is 0 Å². The number of carbonyl (C=O) groups is 1. The summed E-state index contributed by atoms with van der Waals surface area (Å²) in [7, 11) is -3.16. The van der Waals surface area contributed by atoms with E-state index in [1.807, 2.05) is 17.5 Å². The molecule has 0 atom stereocenters. The van der Waals surface area contributed by atoms with Gasteiger partial charge in [0.25, 0.3) is 0 Å². The topological polar surface area (TPSA) is 66.5 Å². The first-order chi connectivity index (χ1) is 10.5. The largest absolute Gasteiger partial charge is 0.326 e. The summed E-state index contributed by atoms with van der Waals surface area (Å²) in [5.41, 5.74) is 1.32. The Morgan fingerprint density at radius 1 is 1.23 bits per heavy atom. The minimum absolute atomic E-state index is 0.0796. The molecule has 1 aliphatic heterocycles. The van der Waals surface area contributed by atoms with Gasteiger partial charge in [-0.3, -0.25) is 9.10 Å². The highest BCUT2D eigenvalue weighted by atomic mass is 32.2. The SMILES string of the molecule is O=C(Cc1cccs1)Nc1ccc(N2CCCS2(=O)=O)cc1. The van der Waals surface area contributed by atoms with Crippen LogP contribution in [0.4, 0.5) is 11.4 Å². The lowest BCUT2D eigenvalue weighted by Gasteiger charge is -2.17. The van der Waals surface area contributed by atoms with Gasteiger partial charge in [-0.1, -0.05) is 6.07 Å². The molecule has 5 nitrogen and oxygen atoms in total. The van der Waals surface area contributed by atoms with E-state index in [1.54, 1.807) is 35.6 Å². The van der Waals surface area contributed by atoms with E-state index in [0.29, 0.717) is 30.8 Å². The summed E-state index contributed by atoms with van der Waals surface area (Å²) in [5, 5.41) is 4.76. The highest BCUT2D eigenvalue weighted by Crippen LogP contribution is 2.25. The fourth-order valence-corrected chi connectivity index (χ4v) is 4.69. The van der Waals surface area contributed by atoms with Crippen molar-refractivity contribution in [3.05, 3.63) is 46.7 Å². The minimum Gasteiger partial charge on any atom is -0.326 e. The second-order valence-corrected chi connectivity index (χ2v) is 8.14. The Hall–Kier alpha value is -1.86. The van der Waals surface area contributed by atoms with Crippen LogP contribution in [0.5, 0.6) is 0 Å². The highest BCUT2D eigenvalue weighted by Gasteiger charge is 2.28. The van der Waals surface area contributed by atoms with Crippen LogP contribution in [0, 0.1) is 0 Å². The molecule has 0 bridgehead atoms. The lowest BCUT2D eigenvalue weighted by atomic mass is 10.2. The van der Waals surface area contributed by atoms with Gasteiger partial charge in [-0.25, -0.2) is 8.42 Å². The van der Waals surface area contributed by atoms with Crippen LogP contribution in [0.2, 0.25) is 0 Å². The van der Waals surface area contributed by atoms with E-state index in [2.05, 4.69) is 5.32 Å². The van der Waals surface area contributed by atoms with Crippen LogP contribution < -0.4 is 9.62 Å². The molecule has 0 radical (unpaired) electrons. The summed E-state index contributed by atoms with van der Waals surface area (Å²) in [6.45, 7) is 0.520. The van der Waals surface area contributed by atoms with Crippen LogP contribution in [-0.4, -0.2) is 26.6 Å². The number of carbonyl (C=O) groups excluding carboxylic acids is 1. The average molecular weight is 336 g/mol. The van der Waals surface area contributed by atoms with Crippen LogP contribution in [0.25, 0.3) is 0 Å². The van der Waals surface area contributed by atoms with Gasteiger partial charge in [0.2, 0.25) is 15.9 Å². The number of benzene rings is 1. The van der Waals surface area contributed by atoms with Gasteiger partial charge < -0.3 is 5.32 Å². The summed E-state index contributed by atoms with van der Waals surface area (Å²) >= 11 is 1.55. The molecule has 1 amide bonds. The number of nitrogens with zero attached hydrogens (tertiary/aromatic N) is 1. The lowest BCUT2D eigenvalue weighted by molar-refractivity contribution is -0.115. The third-order valence-corrected chi connectivity index (χ3v) is 6.20. The average Bonchev–Trinajstić information content (AvgIpc) is 3.09. The molecule has 1 N–H and O–H groups in total. The van der Waals surface area contributed by atoms with E-state index in [4.69, 9.17) is 0 Å². The molecule has 1 fully saturated rings. The number of hydrogen-bond acceptors (Lipinski definition) is 4. The van der Waals surface area contributed by atoms with E-state index in [0.717, 1.165) is 4.88 Å². The number of sulfonamides is 1. The van der Waals surface area contributed by atoms with Crippen molar-refractivity contribution >= 4 is 38.6 Å². The second kappa shape index (κ2) is 6.10. The van der Waals surface area contributed by atoms with Crippen molar-refractivity contribution in [2.45, 2.75) is 12.8 Å². The van der Waals surface area contributed by atoms with Gasteiger partial charge in [0.05, 0.1) is 17.9 Å². The zero-order valence-electron chi connectivity index (χ0n) is 11.9. The molecule has 0 aliphatic carbocycles. The van der Waals surface area contributed by atoms with Crippen molar-refractivity contribution in [3.63, 3.8) is 0 Å². The molecule has 22 heavy (non-hydrogen) atoms. The minimum atomic E-state index is -3.16. The molecule has 2 heterocycles. The predicted molar refractivity (Wildman–Crippen MR) is 88.8 cm³/mol. The summed E-state index contributed by atoms with van der Waals surface area (Å²) in [6.07, 6.45) is 1.00. The van der Waals surface area contributed by atoms with E-state index in [9.17, 15) is 13.2 Å². The van der Waals surface area contributed by atoms with E-state index >= 15 is 0 Å². The molecule has 1 aromatic carbocycles. The first-order valence-corrected chi connectivity index (χ1v) is 9.46. The highest BCUT2D eigenvalue weighted by molar-refractivity contribution is 7.93. The quantitative estimate of drug-likeness (QED) is 0.933. The van der Waals surface area contributed by atoms with Crippen LogP contribution in [0.15, 0.2) is 41.8 Å². The molecule has 1 saturated heterocycles. The van der Waals surface area contributed by atoms with E-state index in [1.165, 1.54) is 4.31 Å². The molecule has 1 aromatic heterocycles. The maximum absolute atomic E-state index is 11.9. The third kappa shape index (κ3) is 3.31. The lowest BCUT2D eigenvalue weighted by Crippen LogP contribution is -2.25. The Balaban J connectivity index is 1.65. The Morgan fingerprint density at radius 3 is 2.59 bits per heavy atom. The van der Waals surface area contributed by atoms with Gasteiger partial charge in [-0.2, -0.15) is 0 Å². The first kappa shape index (κ1) is 15.1. The number of hydrogen-bond donors (Lipinski definition) is 1. The fraction of sp³-hybridized carbons (Fsp3) is 0.267. The van der Waals surface area contributed by atoms with Crippen molar-refractivity contribution in [1.82, 2.24) is 0 Å². The zero-order valence-corrected chi connectivity index (χ0v) is 13.5. The fourth-order valence-electron chi connectivity index (χ4n) is 2.42. The Morgan fingerprint density at radius 2 is 2.00 bits per heavy atom. The van der Waals surface area contributed by atoms with Gasteiger partial charge >= 0.3 is 0 Å². The second-order valence-electron chi connectivity index (χ2n) is 5.09. The Kier molecular flexibility index (Phi) is 4.17. The maximum atomic E-state index is 11.9. The normalized spacial score (nSPS) is 16.6. The molecule has 2 aromatic rings. The number of amides is 1. The summed E-state index contributed by atoms with van der Waals surface area (Å²) in [4.78, 5) is 12.9. The van der Waals surface area contributed by atoms with Crippen LogP contribution in [-0.2, 0) is 21.2 Å². The summed E-state index contributed by atoms with van der Waals surface area (Å²) < 4.78 is 25.1. The van der Waals surface area contributed by atoms with Crippen LogP contribution >= 0.6 is 11.3 Å². The monoisotopic (exact) mass is 336 g/mol. The molecule has 1 aliphatic rings. The van der Waals surface area contributed by atoms with Gasteiger partial charge in [0.1, 0.15) is 0 Å². The van der Waals surface area contributed by atoms with Gasteiger partial charge in [-0.05, 0) is 42.1 Å². The van der Waals surface area contributed by atoms with Gasteiger partial charge in [-0.15, -0.1) is 11.3 Å². The maximum Gasteiger partial charge on any atom is 0.235 e. The number of anilines is 2. The van der Waals surface area contributed by atoms with Crippen molar-refractivity contribution in [2.24, 2.45) is 0 Å². The van der Waals surface area contributed by atoms with E-state index in [-0.39, 0.29) is 11.7 Å². The number of rotatable bonds is 4. The van der Waals surface area contributed by atoms with E-state index < -0.39 is 10.0 Å². The van der Waals surface area contributed by atoms with Crippen molar-refractivity contribution in [2.75, 3.05) is 21.9 Å². The molecule has 0 unspecified atom stereocenters. The molecule has 116 valence electrons.